The number of nitrogens with zero attached hydrogens (tertiary/aromatic N) is 5. The van der Waals surface area contributed by atoms with E-state index in [4.69, 9.17) is 11.6 Å². The summed E-state index contributed by atoms with van der Waals surface area (Å²) < 4.78 is 1.37. The smallest absolute Gasteiger partial charge is 0.272 e. The molecule has 0 aromatic carbocycles. The van der Waals surface area contributed by atoms with Crippen LogP contribution in [0.4, 0.5) is 0 Å². The van der Waals surface area contributed by atoms with Crippen LogP contribution in [-0.2, 0) is 7.05 Å². The number of hydrogen-bond acceptors (Lipinski definition) is 6. The van der Waals surface area contributed by atoms with Crippen LogP contribution in [0.15, 0.2) is 47.8 Å². The molecular formula is C17H15ClN6O2. The molecule has 0 spiro atoms. The van der Waals surface area contributed by atoms with Gasteiger partial charge in [0, 0.05) is 25.5 Å². The Morgan fingerprint density at radius 2 is 2.04 bits per heavy atom. The molecule has 1 amide bonds. The molecule has 0 aliphatic carbocycles. The quantitative estimate of drug-likeness (QED) is 0.750. The second-order valence-corrected chi connectivity index (χ2v) is 5.93. The topological polar surface area (TPSA) is 103 Å². The summed E-state index contributed by atoms with van der Waals surface area (Å²) in [6, 6.07) is 5.70. The number of aromatic nitrogens is 5. The first kappa shape index (κ1) is 17.7. The van der Waals surface area contributed by atoms with Crippen molar-refractivity contribution in [3.05, 3.63) is 69.9 Å². The lowest BCUT2D eigenvalue weighted by atomic mass is 10.2. The van der Waals surface area contributed by atoms with E-state index in [-0.39, 0.29) is 16.3 Å². The average molecular weight is 371 g/mol. The summed E-state index contributed by atoms with van der Waals surface area (Å²) in [4.78, 5) is 41.1. The summed E-state index contributed by atoms with van der Waals surface area (Å²) >= 11 is 6.00. The molecule has 0 saturated carbocycles. The van der Waals surface area contributed by atoms with Gasteiger partial charge in [-0.3, -0.25) is 14.2 Å². The third-order valence-corrected chi connectivity index (χ3v) is 4.03. The van der Waals surface area contributed by atoms with E-state index in [1.807, 2.05) is 0 Å². The number of carbonyl (C=O) groups is 1. The predicted molar refractivity (Wildman–Crippen MR) is 95.6 cm³/mol. The molecule has 1 unspecified atom stereocenters. The van der Waals surface area contributed by atoms with Gasteiger partial charge in [-0.25, -0.2) is 19.9 Å². The van der Waals surface area contributed by atoms with Gasteiger partial charge < -0.3 is 5.32 Å². The fourth-order valence-corrected chi connectivity index (χ4v) is 2.61. The zero-order valence-electron chi connectivity index (χ0n) is 14.0. The third-order valence-electron chi connectivity index (χ3n) is 3.72. The minimum Gasteiger partial charge on any atom is -0.341 e. The van der Waals surface area contributed by atoms with E-state index >= 15 is 0 Å². The van der Waals surface area contributed by atoms with Crippen LogP contribution in [0.1, 0.15) is 29.3 Å². The third kappa shape index (κ3) is 3.60. The van der Waals surface area contributed by atoms with E-state index in [9.17, 15) is 9.59 Å². The van der Waals surface area contributed by atoms with Crippen molar-refractivity contribution in [2.75, 3.05) is 0 Å². The Balaban J connectivity index is 1.93. The van der Waals surface area contributed by atoms with E-state index in [1.165, 1.54) is 23.2 Å². The fourth-order valence-electron chi connectivity index (χ4n) is 2.40. The van der Waals surface area contributed by atoms with E-state index < -0.39 is 11.9 Å². The summed E-state index contributed by atoms with van der Waals surface area (Å²) in [5, 5.41) is 3.00. The molecule has 3 aromatic rings. The normalized spacial score (nSPS) is 11.8. The van der Waals surface area contributed by atoms with Gasteiger partial charge in [0.1, 0.15) is 17.8 Å². The van der Waals surface area contributed by atoms with Gasteiger partial charge in [0.25, 0.3) is 11.5 Å². The van der Waals surface area contributed by atoms with Crippen molar-refractivity contribution in [3.8, 4) is 11.4 Å². The van der Waals surface area contributed by atoms with Gasteiger partial charge in [-0.05, 0) is 25.1 Å². The Bertz CT molecular complexity index is 1010. The van der Waals surface area contributed by atoms with Crippen LogP contribution in [0.3, 0.4) is 0 Å². The van der Waals surface area contributed by atoms with E-state index in [2.05, 4.69) is 25.3 Å². The molecule has 0 fully saturated rings. The van der Waals surface area contributed by atoms with Gasteiger partial charge in [-0.2, -0.15) is 0 Å². The SMILES string of the molecule is CC(NC(=O)c1ncccc1Cl)c1nc(-c2ccncn2)cc(=O)n1C. The molecular weight excluding hydrogens is 356 g/mol. The number of hydrogen-bond donors (Lipinski definition) is 1. The maximum Gasteiger partial charge on any atom is 0.272 e. The van der Waals surface area contributed by atoms with E-state index in [0.717, 1.165) is 0 Å². The highest BCUT2D eigenvalue weighted by molar-refractivity contribution is 6.33. The first-order valence-corrected chi connectivity index (χ1v) is 8.11. The zero-order valence-corrected chi connectivity index (χ0v) is 14.8. The first-order valence-electron chi connectivity index (χ1n) is 7.73. The molecule has 26 heavy (non-hydrogen) atoms. The minimum absolute atomic E-state index is 0.109. The van der Waals surface area contributed by atoms with Crippen molar-refractivity contribution in [1.29, 1.82) is 0 Å². The van der Waals surface area contributed by atoms with Crippen LogP contribution < -0.4 is 10.9 Å². The van der Waals surface area contributed by atoms with Crippen LogP contribution in [0, 0.1) is 0 Å². The summed E-state index contributed by atoms with van der Waals surface area (Å²) in [7, 11) is 1.59. The number of halogens is 1. The van der Waals surface area contributed by atoms with Crippen molar-refractivity contribution in [3.63, 3.8) is 0 Å². The number of nitrogens with one attached hydrogen (secondary N) is 1. The van der Waals surface area contributed by atoms with Crippen LogP contribution in [0.25, 0.3) is 11.4 Å². The first-order chi connectivity index (χ1) is 12.5. The second-order valence-electron chi connectivity index (χ2n) is 5.52. The second kappa shape index (κ2) is 7.40. The Kier molecular flexibility index (Phi) is 5.04. The molecule has 9 heteroatoms. The molecule has 0 radical (unpaired) electrons. The van der Waals surface area contributed by atoms with Gasteiger partial charge in [-0.1, -0.05) is 11.6 Å². The Morgan fingerprint density at radius 1 is 1.23 bits per heavy atom. The van der Waals surface area contributed by atoms with Gasteiger partial charge >= 0.3 is 0 Å². The Labute approximate surface area is 153 Å². The molecule has 3 heterocycles. The summed E-state index contributed by atoms with van der Waals surface area (Å²) in [5.74, 6) is -0.0729. The van der Waals surface area contributed by atoms with Crippen molar-refractivity contribution in [2.45, 2.75) is 13.0 Å². The maximum absolute atomic E-state index is 12.4. The van der Waals surface area contributed by atoms with E-state index in [1.54, 1.807) is 38.4 Å². The maximum atomic E-state index is 12.4. The van der Waals surface area contributed by atoms with Gasteiger partial charge in [0.15, 0.2) is 0 Å². The van der Waals surface area contributed by atoms with Crippen molar-refractivity contribution < 1.29 is 4.79 Å². The van der Waals surface area contributed by atoms with E-state index in [0.29, 0.717) is 17.2 Å². The van der Waals surface area contributed by atoms with Crippen LogP contribution in [0.5, 0.6) is 0 Å². The molecule has 0 saturated heterocycles. The molecule has 3 rings (SSSR count). The number of rotatable bonds is 4. The average Bonchev–Trinajstić information content (AvgIpc) is 2.64. The highest BCUT2D eigenvalue weighted by Crippen LogP contribution is 2.17. The van der Waals surface area contributed by atoms with Crippen LogP contribution in [0.2, 0.25) is 5.02 Å². The van der Waals surface area contributed by atoms with Gasteiger partial charge in [0.05, 0.1) is 22.5 Å². The largest absolute Gasteiger partial charge is 0.341 e. The molecule has 0 bridgehead atoms. The lowest BCUT2D eigenvalue weighted by Gasteiger charge is -2.17. The van der Waals surface area contributed by atoms with Gasteiger partial charge in [0.2, 0.25) is 0 Å². The standard InChI is InChI=1S/C17H15ClN6O2/c1-10(22-17(26)15-11(18)4-3-6-20-15)16-23-13(8-14(25)24(16)2)12-5-7-19-9-21-12/h3-10H,1-2H3,(H,22,26). The molecule has 0 aliphatic rings. The fraction of sp³-hybridized carbons (Fsp3) is 0.176. The van der Waals surface area contributed by atoms with Crippen molar-refractivity contribution in [2.24, 2.45) is 7.05 Å². The molecule has 0 aliphatic heterocycles. The number of carbonyl (C=O) groups excluding carboxylic acids is 1. The molecule has 1 atom stereocenters. The molecule has 132 valence electrons. The number of pyridine rings is 1. The van der Waals surface area contributed by atoms with Crippen LogP contribution in [-0.4, -0.2) is 30.4 Å². The summed E-state index contributed by atoms with van der Waals surface area (Å²) in [5.41, 5.74) is 0.770. The lowest BCUT2D eigenvalue weighted by molar-refractivity contribution is 0.0932. The van der Waals surface area contributed by atoms with Crippen molar-refractivity contribution >= 4 is 17.5 Å². The lowest BCUT2D eigenvalue weighted by Crippen LogP contribution is -2.33. The highest BCUT2D eigenvalue weighted by Gasteiger charge is 2.19. The minimum atomic E-state index is -0.555. The molecule has 1 N–H and O–H groups in total. The summed E-state index contributed by atoms with van der Waals surface area (Å²) in [6.07, 6.45) is 4.42. The van der Waals surface area contributed by atoms with Crippen LogP contribution >= 0.6 is 11.6 Å². The van der Waals surface area contributed by atoms with Crippen molar-refractivity contribution in [1.82, 2.24) is 29.8 Å². The molecule has 3 aromatic heterocycles. The number of amides is 1. The highest BCUT2D eigenvalue weighted by atomic mass is 35.5. The Hall–Kier alpha value is -3.13. The monoisotopic (exact) mass is 370 g/mol. The summed E-state index contributed by atoms with van der Waals surface area (Å²) in [6.45, 7) is 1.72. The molecule has 8 nitrogen and oxygen atoms in total. The van der Waals surface area contributed by atoms with Gasteiger partial charge in [-0.15, -0.1) is 0 Å². The zero-order chi connectivity index (χ0) is 18.7. The predicted octanol–water partition coefficient (Wildman–Crippen LogP) is 1.78. The Morgan fingerprint density at radius 3 is 2.73 bits per heavy atom.